The molecule has 2 heterocycles. The van der Waals surface area contributed by atoms with E-state index in [1.165, 1.54) is 4.88 Å². The van der Waals surface area contributed by atoms with Gasteiger partial charge in [0.05, 0.1) is 23.1 Å². The topological polar surface area (TPSA) is 40.5 Å². The SMILES string of the molecule is CCNC(=NCc1ncccc1C)N(C)Cc1ccc(Cl)s1.I. The summed E-state index contributed by atoms with van der Waals surface area (Å²) < 4.78 is 0.814. The highest BCUT2D eigenvalue weighted by Crippen LogP contribution is 2.22. The molecule has 0 unspecified atom stereocenters. The smallest absolute Gasteiger partial charge is 0.194 e. The molecule has 126 valence electrons. The number of aryl methyl sites for hydroxylation is 1. The number of rotatable bonds is 5. The number of pyridine rings is 1. The second kappa shape index (κ2) is 10.1. The minimum absolute atomic E-state index is 0. The lowest BCUT2D eigenvalue weighted by molar-refractivity contribution is 0.481. The number of aromatic nitrogens is 1. The number of thiophene rings is 1. The molecule has 0 atom stereocenters. The van der Waals surface area contributed by atoms with E-state index in [9.17, 15) is 0 Å². The Labute approximate surface area is 164 Å². The molecule has 0 aliphatic rings. The second-order valence-corrected chi connectivity index (χ2v) is 6.80. The zero-order valence-electron chi connectivity index (χ0n) is 13.5. The second-order valence-electron chi connectivity index (χ2n) is 5.00. The molecule has 7 heteroatoms. The van der Waals surface area contributed by atoms with Crippen LogP contribution in [0.5, 0.6) is 0 Å². The van der Waals surface area contributed by atoms with Gasteiger partial charge < -0.3 is 10.2 Å². The third-order valence-corrected chi connectivity index (χ3v) is 4.43. The lowest BCUT2D eigenvalue weighted by atomic mass is 10.2. The van der Waals surface area contributed by atoms with E-state index in [0.717, 1.165) is 34.6 Å². The molecule has 0 bridgehead atoms. The monoisotopic (exact) mass is 464 g/mol. The maximum absolute atomic E-state index is 5.99. The lowest BCUT2D eigenvalue weighted by Gasteiger charge is -2.21. The highest BCUT2D eigenvalue weighted by Gasteiger charge is 2.08. The molecule has 0 spiro atoms. The van der Waals surface area contributed by atoms with Crippen molar-refractivity contribution in [3.8, 4) is 0 Å². The van der Waals surface area contributed by atoms with Crippen LogP contribution in [0.3, 0.4) is 0 Å². The molecule has 1 N–H and O–H groups in total. The molecule has 0 radical (unpaired) electrons. The summed E-state index contributed by atoms with van der Waals surface area (Å²) >= 11 is 7.59. The third kappa shape index (κ3) is 6.27. The molecular weight excluding hydrogens is 443 g/mol. The molecule has 2 aromatic rings. The summed E-state index contributed by atoms with van der Waals surface area (Å²) in [6, 6.07) is 7.98. The minimum Gasteiger partial charge on any atom is -0.357 e. The van der Waals surface area contributed by atoms with Crippen molar-refractivity contribution in [3.63, 3.8) is 0 Å². The van der Waals surface area contributed by atoms with Gasteiger partial charge >= 0.3 is 0 Å². The number of hydrogen-bond donors (Lipinski definition) is 1. The lowest BCUT2D eigenvalue weighted by Crippen LogP contribution is -2.38. The van der Waals surface area contributed by atoms with Crippen molar-refractivity contribution in [2.24, 2.45) is 4.99 Å². The fourth-order valence-corrected chi connectivity index (χ4v) is 3.19. The van der Waals surface area contributed by atoms with Gasteiger partial charge in [0.1, 0.15) is 0 Å². The van der Waals surface area contributed by atoms with Crippen molar-refractivity contribution in [3.05, 3.63) is 50.9 Å². The van der Waals surface area contributed by atoms with E-state index in [4.69, 9.17) is 11.6 Å². The Hall–Kier alpha value is -0.860. The zero-order valence-corrected chi connectivity index (χ0v) is 17.4. The molecule has 4 nitrogen and oxygen atoms in total. The highest BCUT2D eigenvalue weighted by molar-refractivity contribution is 14.0. The summed E-state index contributed by atoms with van der Waals surface area (Å²) in [7, 11) is 2.03. The van der Waals surface area contributed by atoms with E-state index in [1.54, 1.807) is 11.3 Å². The first-order valence-electron chi connectivity index (χ1n) is 7.24. The third-order valence-electron chi connectivity index (χ3n) is 3.21. The molecule has 0 saturated carbocycles. The first kappa shape index (κ1) is 20.2. The van der Waals surface area contributed by atoms with Crippen LogP contribution < -0.4 is 5.32 Å². The van der Waals surface area contributed by atoms with E-state index in [-0.39, 0.29) is 24.0 Å². The number of aliphatic imine (C=N–C) groups is 1. The van der Waals surface area contributed by atoms with E-state index in [2.05, 4.69) is 46.2 Å². The van der Waals surface area contributed by atoms with Crippen LogP contribution >= 0.6 is 46.9 Å². The molecule has 0 fully saturated rings. The Balaban J connectivity index is 0.00000264. The summed E-state index contributed by atoms with van der Waals surface area (Å²) in [5.74, 6) is 0.872. The number of guanidine groups is 1. The fourth-order valence-electron chi connectivity index (χ4n) is 2.05. The largest absolute Gasteiger partial charge is 0.357 e. The number of hydrogen-bond acceptors (Lipinski definition) is 3. The first-order chi connectivity index (χ1) is 10.6. The van der Waals surface area contributed by atoms with Crippen molar-refractivity contribution < 1.29 is 0 Å². The normalized spacial score (nSPS) is 11.0. The predicted molar refractivity (Wildman–Crippen MR) is 110 cm³/mol. The van der Waals surface area contributed by atoms with Gasteiger partial charge in [0.25, 0.3) is 0 Å². The quantitative estimate of drug-likeness (QED) is 0.407. The predicted octanol–water partition coefficient (Wildman–Crippen LogP) is 4.32. The van der Waals surface area contributed by atoms with Crippen molar-refractivity contribution in [1.29, 1.82) is 0 Å². The zero-order chi connectivity index (χ0) is 15.9. The highest BCUT2D eigenvalue weighted by atomic mass is 127. The maximum atomic E-state index is 5.99. The molecule has 2 aromatic heterocycles. The molecule has 0 saturated heterocycles. The average molecular weight is 465 g/mol. The van der Waals surface area contributed by atoms with Crippen LogP contribution in [0.1, 0.15) is 23.1 Å². The van der Waals surface area contributed by atoms with Crippen molar-refractivity contribution in [2.75, 3.05) is 13.6 Å². The summed E-state index contributed by atoms with van der Waals surface area (Å²) in [4.78, 5) is 12.4. The van der Waals surface area contributed by atoms with Crippen LogP contribution in [0, 0.1) is 6.92 Å². The van der Waals surface area contributed by atoms with E-state index >= 15 is 0 Å². The van der Waals surface area contributed by atoms with Crippen LogP contribution in [-0.2, 0) is 13.1 Å². The Morgan fingerprint density at radius 2 is 2.17 bits per heavy atom. The van der Waals surface area contributed by atoms with E-state index < -0.39 is 0 Å². The average Bonchev–Trinajstić information content (AvgIpc) is 2.90. The van der Waals surface area contributed by atoms with Crippen molar-refractivity contribution in [1.82, 2.24) is 15.2 Å². The van der Waals surface area contributed by atoms with Crippen molar-refractivity contribution >= 4 is 52.9 Å². The Kier molecular flexibility index (Phi) is 8.86. The van der Waals surface area contributed by atoms with Crippen LogP contribution in [0.25, 0.3) is 0 Å². The summed E-state index contributed by atoms with van der Waals surface area (Å²) in [6.07, 6.45) is 1.81. The van der Waals surface area contributed by atoms with E-state index in [0.29, 0.717) is 6.54 Å². The van der Waals surface area contributed by atoms with Gasteiger partial charge in [0.15, 0.2) is 5.96 Å². The van der Waals surface area contributed by atoms with Gasteiger partial charge in [-0.2, -0.15) is 0 Å². The number of nitrogens with zero attached hydrogens (tertiary/aromatic N) is 3. The van der Waals surface area contributed by atoms with Gasteiger partial charge in [0.2, 0.25) is 0 Å². The van der Waals surface area contributed by atoms with E-state index in [1.807, 2.05) is 25.4 Å². The van der Waals surface area contributed by atoms with Crippen LogP contribution in [-0.4, -0.2) is 29.4 Å². The summed E-state index contributed by atoms with van der Waals surface area (Å²) in [5, 5.41) is 3.32. The van der Waals surface area contributed by atoms with Crippen molar-refractivity contribution in [2.45, 2.75) is 26.9 Å². The molecule has 0 amide bonds. The van der Waals surface area contributed by atoms with Gasteiger partial charge in [-0.1, -0.05) is 17.7 Å². The molecular formula is C16H22ClIN4S. The molecule has 0 aliphatic carbocycles. The van der Waals surface area contributed by atoms with Gasteiger partial charge in [-0.25, -0.2) is 4.99 Å². The Bertz CT molecular complexity index is 645. The minimum atomic E-state index is 0. The first-order valence-corrected chi connectivity index (χ1v) is 8.43. The van der Waals surface area contributed by atoms with Gasteiger partial charge in [0, 0.05) is 24.7 Å². The summed E-state index contributed by atoms with van der Waals surface area (Å²) in [6.45, 7) is 6.31. The van der Waals surface area contributed by atoms with Crippen LogP contribution in [0.2, 0.25) is 4.34 Å². The van der Waals surface area contributed by atoms with Gasteiger partial charge in [-0.3, -0.25) is 4.98 Å². The van der Waals surface area contributed by atoms with Gasteiger partial charge in [-0.15, -0.1) is 35.3 Å². The molecule has 0 aromatic carbocycles. The number of nitrogens with one attached hydrogen (secondary N) is 1. The van der Waals surface area contributed by atoms with Crippen LogP contribution in [0.15, 0.2) is 35.5 Å². The maximum Gasteiger partial charge on any atom is 0.194 e. The Morgan fingerprint density at radius 1 is 1.39 bits per heavy atom. The fraction of sp³-hybridized carbons (Fsp3) is 0.375. The van der Waals surface area contributed by atoms with Gasteiger partial charge in [-0.05, 0) is 37.6 Å². The molecule has 23 heavy (non-hydrogen) atoms. The summed E-state index contributed by atoms with van der Waals surface area (Å²) in [5.41, 5.74) is 2.17. The molecule has 0 aliphatic heterocycles. The standard InChI is InChI=1S/C16H21ClN4S.HI/c1-4-18-16(20-10-14-12(2)6-5-9-19-14)21(3)11-13-7-8-15(17)22-13;/h5-9H,4,10-11H2,1-3H3,(H,18,20);1H. The molecule has 2 rings (SSSR count). The Morgan fingerprint density at radius 3 is 2.78 bits per heavy atom. The number of halogens is 2. The van der Waals surface area contributed by atoms with Crippen LogP contribution in [0.4, 0.5) is 0 Å².